The zero-order chi connectivity index (χ0) is 12.0. The second-order valence-corrected chi connectivity index (χ2v) is 6.20. The highest BCUT2D eigenvalue weighted by atomic mass is 16.6. The molecule has 4 nitrogen and oxygen atoms in total. The van der Waals surface area contributed by atoms with Gasteiger partial charge in [0.25, 0.3) is 0 Å². The van der Waals surface area contributed by atoms with E-state index < -0.39 is 5.60 Å². The fraction of sp³-hybridized carbons (Fsp3) is 0.917. The lowest BCUT2D eigenvalue weighted by Gasteiger charge is -2.52. The van der Waals surface area contributed by atoms with Crippen LogP contribution in [0.4, 0.5) is 4.79 Å². The summed E-state index contributed by atoms with van der Waals surface area (Å²) < 4.78 is 5.45. The number of fused-ring (bicyclic) bond motifs is 3. The number of piperidine rings is 2. The van der Waals surface area contributed by atoms with E-state index in [-0.39, 0.29) is 11.6 Å². The average Bonchev–Trinajstić information content (AvgIpc) is 2.15. The molecular formula is C12H22N2O2. The molecular weight excluding hydrogens is 204 g/mol. The molecule has 1 N–H and O–H groups in total. The van der Waals surface area contributed by atoms with E-state index in [1.807, 2.05) is 25.7 Å². The lowest BCUT2D eigenvalue weighted by atomic mass is 9.82. The summed E-state index contributed by atoms with van der Waals surface area (Å²) in [5.41, 5.74) is -0.464. The van der Waals surface area contributed by atoms with Crippen LogP contribution in [0.3, 0.4) is 0 Å². The number of nitrogens with zero attached hydrogens (tertiary/aromatic N) is 1. The smallest absolute Gasteiger partial charge is 0.410 e. The highest BCUT2D eigenvalue weighted by Gasteiger charge is 2.46. The highest BCUT2D eigenvalue weighted by Crippen LogP contribution is 2.33. The van der Waals surface area contributed by atoms with Crippen LogP contribution in [0.15, 0.2) is 0 Å². The predicted molar refractivity (Wildman–Crippen MR) is 62.4 cm³/mol. The SMILES string of the molecule is CC(C)(C)OC(=O)N1C[C@@H]2CCC1(C)CN2. The summed E-state index contributed by atoms with van der Waals surface area (Å²) in [6, 6.07) is 0.453. The Morgan fingerprint density at radius 2 is 2.19 bits per heavy atom. The van der Waals surface area contributed by atoms with Crippen molar-refractivity contribution in [3.63, 3.8) is 0 Å². The summed E-state index contributed by atoms with van der Waals surface area (Å²) >= 11 is 0. The first-order valence-corrected chi connectivity index (χ1v) is 6.04. The zero-order valence-electron chi connectivity index (χ0n) is 10.7. The average molecular weight is 226 g/mol. The Balaban J connectivity index is 2.07. The van der Waals surface area contributed by atoms with Gasteiger partial charge in [0.15, 0.2) is 0 Å². The second-order valence-electron chi connectivity index (χ2n) is 6.20. The van der Waals surface area contributed by atoms with E-state index in [2.05, 4.69) is 12.2 Å². The second kappa shape index (κ2) is 3.62. The molecule has 4 heteroatoms. The van der Waals surface area contributed by atoms with Crippen molar-refractivity contribution >= 4 is 6.09 Å². The molecule has 16 heavy (non-hydrogen) atoms. The molecule has 0 radical (unpaired) electrons. The molecule has 3 saturated heterocycles. The van der Waals surface area contributed by atoms with Crippen LogP contribution in [0.2, 0.25) is 0 Å². The number of amides is 1. The van der Waals surface area contributed by atoms with Crippen molar-refractivity contribution < 1.29 is 9.53 Å². The molecule has 0 aliphatic carbocycles. The summed E-state index contributed by atoms with van der Waals surface area (Å²) in [6.45, 7) is 9.54. The van der Waals surface area contributed by atoms with Crippen LogP contribution in [0.25, 0.3) is 0 Å². The molecule has 3 fully saturated rings. The van der Waals surface area contributed by atoms with Gasteiger partial charge < -0.3 is 10.1 Å². The molecule has 0 aromatic carbocycles. The van der Waals surface area contributed by atoms with Crippen LogP contribution >= 0.6 is 0 Å². The van der Waals surface area contributed by atoms with E-state index >= 15 is 0 Å². The Morgan fingerprint density at radius 3 is 2.62 bits per heavy atom. The molecule has 2 atom stereocenters. The van der Waals surface area contributed by atoms with Crippen LogP contribution in [0.5, 0.6) is 0 Å². The Kier molecular flexibility index (Phi) is 2.65. The predicted octanol–water partition coefficient (Wildman–Crippen LogP) is 1.75. The maximum absolute atomic E-state index is 12.1. The van der Waals surface area contributed by atoms with Gasteiger partial charge in [-0.25, -0.2) is 4.79 Å². The van der Waals surface area contributed by atoms with Gasteiger partial charge in [-0.1, -0.05) is 0 Å². The van der Waals surface area contributed by atoms with Crippen molar-refractivity contribution in [2.24, 2.45) is 0 Å². The molecule has 0 spiro atoms. The summed E-state index contributed by atoms with van der Waals surface area (Å²) in [4.78, 5) is 14.0. The van der Waals surface area contributed by atoms with Gasteiger partial charge in [-0.15, -0.1) is 0 Å². The van der Waals surface area contributed by atoms with Crippen LogP contribution < -0.4 is 5.32 Å². The van der Waals surface area contributed by atoms with E-state index in [0.717, 1.165) is 25.9 Å². The third-order valence-corrected chi connectivity index (χ3v) is 3.47. The standard InChI is InChI=1S/C12H22N2O2/c1-11(2,3)16-10(15)14-7-9-5-6-12(14,4)8-13-9/h9,13H,5-8H2,1-4H3/t9-,12?/m0/s1. The minimum absolute atomic E-state index is 0.0584. The number of hydrogen-bond donors (Lipinski definition) is 1. The van der Waals surface area contributed by atoms with Crippen molar-refractivity contribution in [3.05, 3.63) is 0 Å². The van der Waals surface area contributed by atoms with Crippen molar-refractivity contribution in [2.45, 2.75) is 57.7 Å². The van der Waals surface area contributed by atoms with Crippen LogP contribution in [-0.2, 0) is 4.74 Å². The fourth-order valence-electron chi connectivity index (χ4n) is 2.48. The number of rotatable bonds is 0. The molecule has 3 aliphatic heterocycles. The van der Waals surface area contributed by atoms with E-state index in [1.165, 1.54) is 0 Å². The maximum Gasteiger partial charge on any atom is 0.410 e. The van der Waals surface area contributed by atoms with E-state index in [1.54, 1.807) is 0 Å². The Hall–Kier alpha value is -0.770. The third kappa shape index (κ3) is 2.17. The molecule has 3 rings (SSSR count). The van der Waals surface area contributed by atoms with Crippen molar-refractivity contribution in [3.8, 4) is 0 Å². The molecule has 0 aromatic rings. The van der Waals surface area contributed by atoms with Gasteiger partial charge in [-0.3, -0.25) is 4.90 Å². The molecule has 0 saturated carbocycles. The molecule has 1 amide bonds. The molecule has 92 valence electrons. The van der Waals surface area contributed by atoms with Gasteiger partial charge in [0.2, 0.25) is 0 Å². The molecule has 2 bridgehead atoms. The first-order valence-electron chi connectivity index (χ1n) is 6.04. The number of ether oxygens (including phenoxy) is 1. The summed E-state index contributed by atoms with van der Waals surface area (Å²) in [7, 11) is 0. The topological polar surface area (TPSA) is 41.6 Å². The molecule has 0 aromatic heterocycles. The molecule has 3 aliphatic rings. The van der Waals surface area contributed by atoms with Gasteiger partial charge in [0.05, 0.1) is 5.54 Å². The van der Waals surface area contributed by atoms with Crippen LogP contribution in [0.1, 0.15) is 40.5 Å². The van der Waals surface area contributed by atoms with Crippen molar-refractivity contribution in [1.29, 1.82) is 0 Å². The largest absolute Gasteiger partial charge is 0.444 e. The van der Waals surface area contributed by atoms with Gasteiger partial charge in [0.1, 0.15) is 5.60 Å². The number of carbonyl (C=O) groups is 1. The Morgan fingerprint density at radius 1 is 1.50 bits per heavy atom. The maximum atomic E-state index is 12.1. The minimum Gasteiger partial charge on any atom is -0.444 e. The third-order valence-electron chi connectivity index (χ3n) is 3.47. The summed E-state index contributed by atoms with van der Waals surface area (Å²) in [5.74, 6) is 0. The van der Waals surface area contributed by atoms with Crippen LogP contribution in [0, 0.1) is 0 Å². The van der Waals surface area contributed by atoms with E-state index in [4.69, 9.17) is 4.74 Å². The first kappa shape index (κ1) is 11.7. The first-order chi connectivity index (χ1) is 7.30. The van der Waals surface area contributed by atoms with Crippen molar-refractivity contribution in [1.82, 2.24) is 10.2 Å². The molecule has 3 heterocycles. The Bertz CT molecular complexity index is 288. The van der Waals surface area contributed by atoms with E-state index in [9.17, 15) is 4.79 Å². The number of nitrogens with one attached hydrogen (secondary N) is 1. The normalized spacial score (nSPS) is 34.0. The van der Waals surface area contributed by atoms with Crippen molar-refractivity contribution in [2.75, 3.05) is 13.1 Å². The fourth-order valence-corrected chi connectivity index (χ4v) is 2.48. The monoisotopic (exact) mass is 226 g/mol. The zero-order valence-corrected chi connectivity index (χ0v) is 10.7. The van der Waals surface area contributed by atoms with Crippen LogP contribution in [-0.4, -0.2) is 41.3 Å². The minimum atomic E-state index is -0.405. The number of piperazine rings is 1. The van der Waals surface area contributed by atoms with Gasteiger partial charge >= 0.3 is 6.09 Å². The Labute approximate surface area is 97.3 Å². The summed E-state index contributed by atoms with van der Waals surface area (Å²) in [6.07, 6.45) is 2.07. The quantitative estimate of drug-likeness (QED) is 0.684. The number of carbonyl (C=O) groups excluding carboxylic acids is 1. The lowest BCUT2D eigenvalue weighted by molar-refractivity contribution is -0.0334. The number of hydrogen-bond acceptors (Lipinski definition) is 3. The lowest BCUT2D eigenvalue weighted by Crippen LogP contribution is -2.69. The van der Waals surface area contributed by atoms with E-state index in [0.29, 0.717) is 6.04 Å². The molecule has 1 unspecified atom stereocenters. The highest BCUT2D eigenvalue weighted by molar-refractivity contribution is 5.69. The van der Waals surface area contributed by atoms with Gasteiger partial charge in [0, 0.05) is 19.1 Å². The summed E-state index contributed by atoms with van der Waals surface area (Å²) in [5, 5.41) is 3.46. The van der Waals surface area contributed by atoms with Gasteiger partial charge in [-0.05, 0) is 40.5 Å². The van der Waals surface area contributed by atoms with Gasteiger partial charge in [-0.2, -0.15) is 0 Å².